The number of anilines is 1. The highest BCUT2D eigenvalue weighted by atomic mass is 16.1. The Balaban J connectivity index is 1.39. The van der Waals surface area contributed by atoms with Crippen molar-refractivity contribution in [1.82, 2.24) is 9.97 Å². The van der Waals surface area contributed by atoms with E-state index in [4.69, 9.17) is 0 Å². The molecule has 134 valence electrons. The van der Waals surface area contributed by atoms with E-state index >= 15 is 0 Å². The van der Waals surface area contributed by atoms with Crippen molar-refractivity contribution >= 4 is 22.6 Å². The summed E-state index contributed by atoms with van der Waals surface area (Å²) in [4.78, 5) is 20.3. The Kier molecular flexibility index (Phi) is 5.00. The Morgan fingerprint density at radius 1 is 1.08 bits per heavy atom. The number of nitrogens with one attached hydrogen (secondary N) is 2. The minimum Gasteiger partial charge on any atom is -0.342 e. The number of carbonyl (C=O) groups excluding carboxylic acids is 1. The van der Waals surface area contributed by atoms with Crippen molar-refractivity contribution in [3.05, 3.63) is 59.9 Å². The van der Waals surface area contributed by atoms with Crippen molar-refractivity contribution in [3.8, 4) is 0 Å². The number of rotatable bonds is 6. The summed E-state index contributed by atoms with van der Waals surface area (Å²) in [6.45, 7) is 0. The molecule has 2 aromatic carbocycles. The first-order valence-electron chi connectivity index (χ1n) is 9.59. The second-order valence-electron chi connectivity index (χ2n) is 7.30. The molecule has 1 fully saturated rings. The van der Waals surface area contributed by atoms with E-state index in [9.17, 15) is 4.79 Å². The number of imidazole rings is 1. The van der Waals surface area contributed by atoms with Gasteiger partial charge in [0.05, 0.1) is 11.0 Å². The highest BCUT2D eigenvalue weighted by Crippen LogP contribution is 2.28. The molecule has 0 spiro atoms. The molecule has 0 unspecified atom stereocenters. The fourth-order valence-electron chi connectivity index (χ4n) is 3.85. The molecule has 1 amide bonds. The number of carbonyl (C=O) groups is 1. The van der Waals surface area contributed by atoms with Gasteiger partial charge in [-0.25, -0.2) is 4.98 Å². The van der Waals surface area contributed by atoms with E-state index in [1.807, 2.05) is 24.3 Å². The summed E-state index contributed by atoms with van der Waals surface area (Å²) in [6, 6.07) is 16.3. The minimum absolute atomic E-state index is 0.125. The van der Waals surface area contributed by atoms with Crippen molar-refractivity contribution < 1.29 is 4.79 Å². The second-order valence-corrected chi connectivity index (χ2v) is 7.30. The molecule has 1 heterocycles. The third-order valence-corrected chi connectivity index (χ3v) is 5.26. The molecule has 4 rings (SSSR count). The number of nitrogens with zero attached hydrogens (tertiary/aromatic N) is 1. The van der Waals surface area contributed by atoms with E-state index in [0.717, 1.165) is 35.4 Å². The molecule has 2 N–H and O–H groups in total. The summed E-state index contributed by atoms with van der Waals surface area (Å²) in [5.74, 6) is 1.67. The van der Waals surface area contributed by atoms with Crippen LogP contribution in [-0.4, -0.2) is 15.9 Å². The highest BCUT2D eigenvalue weighted by molar-refractivity contribution is 5.93. The van der Waals surface area contributed by atoms with Gasteiger partial charge >= 0.3 is 0 Å². The van der Waals surface area contributed by atoms with Crippen LogP contribution < -0.4 is 5.32 Å². The summed E-state index contributed by atoms with van der Waals surface area (Å²) in [5.41, 5.74) is 4.08. The summed E-state index contributed by atoms with van der Waals surface area (Å²) in [6.07, 6.45) is 7.40. The monoisotopic (exact) mass is 347 g/mol. The van der Waals surface area contributed by atoms with Crippen LogP contribution in [0.15, 0.2) is 48.5 Å². The van der Waals surface area contributed by atoms with Gasteiger partial charge in [0.2, 0.25) is 5.91 Å². The Labute approximate surface area is 154 Å². The van der Waals surface area contributed by atoms with Crippen molar-refractivity contribution in [2.24, 2.45) is 5.92 Å². The molecule has 26 heavy (non-hydrogen) atoms. The standard InChI is InChI=1S/C22H25N3O/c26-22(14-17-8-4-5-9-17)23-18-11-12-19-20(15-18)25-21(24-19)13-10-16-6-2-1-3-7-16/h1-3,6-7,11-12,15,17H,4-5,8-10,13-14H2,(H,23,26)(H,24,25). The van der Waals surface area contributed by atoms with Crippen LogP contribution in [0, 0.1) is 5.92 Å². The Morgan fingerprint density at radius 3 is 2.69 bits per heavy atom. The van der Waals surface area contributed by atoms with Crippen LogP contribution in [0.5, 0.6) is 0 Å². The number of hydrogen-bond donors (Lipinski definition) is 2. The molecule has 0 atom stereocenters. The zero-order chi connectivity index (χ0) is 17.8. The van der Waals surface area contributed by atoms with Crippen LogP contribution in [0.1, 0.15) is 43.5 Å². The minimum atomic E-state index is 0.125. The molecular formula is C22H25N3O. The van der Waals surface area contributed by atoms with Gasteiger partial charge in [-0.3, -0.25) is 4.79 Å². The van der Waals surface area contributed by atoms with Gasteiger partial charge in [-0.2, -0.15) is 0 Å². The maximum atomic E-state index is 12.2. The molecule has 1 aliphatic carbocycles. The molecule has 1 aliphatic rings. The average molecular weight is 347 g/mol. The van der Waals surface area contributed by atoms with Crippen LogP contribution in [-0.2, 0) is 17.6 Å². The summed E-state index contributed by atoms with van der Waals surface area (Å²) >= 11 is 0. The van der Waals surface area contributed by atoms with Crippen LogP contribution >= 0.6 is 0 Å². The van der Waals surface area contributed by atoms with Crippen molar-refractivity contribution in [3.63, 3.8) is 0 Å². The van der Waals surface area contributed by atoms with Crippen molar-refractivity contribution in [1.29, 1.82) is 0 Å². The predicted molar refractivity (Wildman–Crippen MR) is 105 cm³/mol. The van der Waals surface area contributed by atoms with E-state index in [-0.39, 0.29) is 5.91 Å². The lowest BCUT2D eigenvalue weighted by atomic mass is 10.0. The molecule has 0 aliphatic heterocycles. The number of aromatic amines is 1. The maximum Gasteiger partial charge on any atom is 0.224 e. The Hall–Kier alpha value is -2.62. The van der Waals surface area contributed by atoms with Gasteiger partial charge in [0.1, 0.15) is 5.82 Å². The first-order valence-corrected chi connectivity index (χ1v) is 9.59. The number of hydrogen-bond acceptors (Lipinski definition) is 2. The Bertz CT molecular complexity index is 879. The lowest BCUT2D eigenvalue weighted by molar-refractivity contribution is -0.117. The summed E-state index contributed by atoms with van der Waals surface area (Å²) in [7, 11) is 0. The van der Waals surface area contributed by atoms with E-state index in [1.54, 1.807) is 0 Å². The third-order valence-electron chi connectivity index (χ3n) is 5.26. The molecule has 0 saturated heterocycles. The number of fused-ring (bicyclic) bond motifs is 1. The molecular weight excluding hydrogens is 322 g/mol. The van der Waals surface area contributed by atoms with E-state index in [0.29, 0.717) is 12.3 Å². The predicted octanol–water partition coefficient (Wildman–Crippen LogP) is 4.87. The Morgan fingerprint density at radius 2 is 1.88 bits per heavy atom. The first-order chi connectivity index (χ1) is 12.8. The van der Waals surface area contributed by atoms with Gasteiger partial charge in [0, 0.05) is 18.5 Å². The molecule has 0 bridgehead atoms. The van der Waals surface area contributed by atoms with E-state index in [1.165, 1.54) is 31.2 Å². The lowest BCUT2D eigenvalue weighted by Gasteiger charge is -2.09. The third kappa shape index (κ3) is 4.13. The van der Waals surface area contributed by atoms with Crippen LogP contribution in [0.2, 0.25) is 0 Å². The van der Waals surface area contributed by atoms with Crippen molar-refractivity contribution in [2.45, 2.75) is 44.9 Å². The van der Waals surface area contributed by atoms with Gasteiger partial charge in [0.15, 0.2) is 0 Å². The van der Waals surface area contributed by atoms with Gasteiger partial charge in [0.25, 0.3) is 0 Å². The number of benzene rings is 2. The fraction of sp³-hybridized carbons (Fsp3) is 0.364. The number of aryl methyl sites for hydroxylation is 2. The van der Waals surface area contributed by atoms with E-state index in [2.05, 4.69) is 39.6 Å². The summed E-state index contributed by atoms with van der Waals surface area (Å²) in [5, 5.41) is 3.04. The largest absolute Gasteiger partial charge is 0.342 e. The molecule has 4 nitrogen and oxygen atoms in total. The van der Waals surface area contributed by atoms with Crippen LogP contribution in [0.4, 0.5) is 5.69 Å². The van der Waals surface area contributed by atoms with E-state index < -0.39 is 0 Å². The van der Waals surface area contributed by atoms with Crippen LogP contribution in [0.3, 0.4) is 0 Å². The quantitative estimate of drug-likeness (QED) is 0.668. The summed E-state index contributed by atoms with van der Waals surface area (Å²) < 4.78 is 0. The highest BCUT2D eigenvalue weighted by Gasteiger charge is 2.18. The van der Waals surface area contributed by atoms with Gasteiger partial charge in [-0.1, -0.05) is 43.2 Å². The van der Waals surface area contributed by atoms with Crippen molar-refractivity contribution in [2.75, 3.05) is 5.32 Å². The SMILES string of the molecule is O=C(CC1CCCC1)Nc1ccc2nc(CCc3ccccc3)[nH]c2c1. The number of H-pyrrole nitrogens is 1. The maximum absolute atomic E-state index is 12.2. The lowest BCUT2D eigenvalue weighted by Crippen LogP contribution is -2.15. The van der Waals surface area contributed by atoms with Crippen LogP contribution in [0.25, 0.3) is 11.0 Å². The first kappa shape index (κ1) is 16.8. The molecule has 1 aromatic heterocycles. The normalized spacial score (nSPS) is 14.8. The molecule has 4 heteroatoms. The van der Waals surface area contributed by atoms with Gasteiger partial charge < -0.3 is 10.3 Å². The number of amides is 1. The zero-order valence-electron chi connectivity index (χ0n) is 15.0. The zero-order valence-corrected chi connectivity index (χ0v) is 15.0. The fourth-order valence-corrected chi connectivity index (χ4v) is 3.85. The second kappa shape index (κ2) is 7.73. The molecule has 1 saturated carbocycles. The topological polar surface area (TPSA) is 57.8 Å². The molecule has 0 radical (unpaired) electrons. The number of aromatic nitrogens is 2. The van der Waals surface area contributed by atoms with Gasteiger partial charge in [-0.15, -0.1) is 0 Å². The average Bonchev–Trinajstić information content (AvgIpc) is 3.29. The molecule has 3 aromatic rings. The smallest absolute Gasteiger partial charge is 0.224 e. The van der Waals surface area contributed by atoms with Gasteiger partial charge in [-0.05, 0) is 48.9 Å².